The third-order valence-electron chi connectivity index (χ3n) is 3.42. The van der Waals surface area contributed by atoms with E-state index in [1.807, 2.05) is 13.1 Å². The highest BCUT2D eigenvalue weighted by molar-refractivity contribution is 5.92. The Morgan fingerprint density at radius 3 is 2.65 bits per heavy atom. The molecule has 1 aromatic heterocycles. The number of carbonyl (C=O) groups excluding carboxylic acids is 1. The predicted molar refractivity (Wildman–Crippen MR) is 64.6 cm³/mol. The van der Waals surface area contributed by atoms with Crippen LogP contribution in [0.25, 0.3) is 0 Å². The minimum atomic E-state index is -0.190. The molecule has 0 saturated heterocycles. The fraction of sp³-hybridized carbons (Fsp3) is 0.538. The van der Waals surface area contributed by atoms with E-state index >= 15 is 0 Å². The largest absolute Gasteiger partial charge is 0.393 e. The summed E-state index contributed by atoms with van der Waals surface area (Å²) in [6.07, 6.45) is 4.75. The summed E-state index contributed by atoms with van der Waals surface area (Å²) in [6, 6.07) is 5.58. The summed E-state index contributed by atoms with van der Waals surface area (Å²) in [7, 11) is 1.82. The second-order valence-electron chi connectivity index (χ2n) is 4.59. The molecule has 1 aliphatic rings. The number of aromatic nitrogens is 1. The van der Waals surface area contributed by atoms with Crippen molar-refractivity contribution in [2.24, 2.45) is 0 Å². The van der Waals surface area contributed by atoms with Crippen molar-refractivity contribution in [3.05, 3.63) is 30.1 Å². The number of nitrogens with zero attached hydrogens (tertiary/aromatic N) is 2. The van der Waals surface area contributed by atoms with E-state index < -0.39 is 0 Å². The van der Waals surface area contributed by atoms with Crippen LogP contribution in [0.15, 0.2) is 24.4 Å². The molecule has 1 amide bonds. The van der Waals surface area contributed by atoms with Crippen LogP contribution < -0.4 is 0 Å². The van der Waals surface area contributed by atoms with Gasteiger partial charge in [-0.15, -0.1) is 0 Å². The lowest BCUT2D eigenvalue weighted by Gasteiger charge is -2.32. The van der Waals surface area contributed by atoms with Crippen molar-refractivity contribution < 1.29 is 9.90 Å². The summed E-state index contributed by atoms with van der Waals surface area (Å²) in [4.78, 5) is 18.0. The Labute approximate surface area is 101 Å². The van der Waals surface area contributed by atoms with Crippen molar-refractivity contribution in [1.29, 1.82) is 0 Å². The zero-order valence-corrected chi connectivity index (χ0v) is 10.0. The fourth-order valence-corrected chi connectivity index (χ4v) is 2.28. The molecule has 1 aromatic rings. The number of rotatable bonds is 2. The molecule has 1 saturated carbocycles. The van der Waals surface area contributed by atoms with Crippen LogP contribution in [0.3, 0.4) is 0 Å². The van der Waals surface area contributed by atoms with Gasteiger partial charge in [0.05, 0.1) is 6.10 Å². The molecule has 0 aliphatic heterocycles. The number of amides is 1. The van der Waals surface area contributed by atoms with Crippen LogP contribution in [0, 0.1) is 0 Å². The van der Waals surface area contributed by atoms with E-state index in [9.17, 15) is 9.90 Å². The molecule has 0 unspecified atom stereocenters. The maximum Gasteiger partial charge on any atom is 0.272 e. The van der Waals surface area contributed by atoms with E-state index in [4.69, 9.17) is 0 Å². The minimum absolute atomic E-state index is 0.0352. The summed E-state index contributed by atoms with van der Waals surface area (Å²) in [6.45, 7) is 0. The van der Waals surface area contributed by atoms with E-state index in [1.54, 1.807) is 23.2 Å². The van der Waals surface area contributed by atoms with Gasteiger partial charge in [0, 0.05) is 19.3 Å². The van der Waals surface area contributed by atoms with E-state index in [2.05, 4.69) is 4.98 Å². The van der Waals surface area contributed by atoms with E-state index in [-0.39, 0.29) is 18.1 Å². The Morgan fingerprint density at radius 2 is 2.06 bits per heavy atom. The normalized spacial score (nSPS) is 24.4. The molecule has 0 atom stereocenters. The van der Waals surface area contributed by atoms with Crippen molar-refractivity contribution in [2.75, 3.05) is 7.05 Å². The van der Waals surface area contributed by atoms with Crippen molar-refractivity contribution in [1.82, 2.24) is 9.88 Å². The second-order valence-corrected chi connectivity index (χ2v) is 4.59. The number of aliphatic hydroxyl groups is 1. The molecular formula is C13H18N2O2. The highest BCUT2D eigenvalue weighted by Gasteiger charge is 2.26. The van der Waals surface area contributed by atoms with Gasteiger partial charge in [-0.1, -0.05) is 6.07 Å². The SMILES string of the molecule is CN(C(=O)c1ccccn1)C1CCC(O)CC1. The number of hydrogen-bond acceptors (Lipinski definition) is 3. The summed E-state index contributed by atoms with van der Waals surface area (Å²) < 4.78 is 0. The molecule has 0 aromatic carbocycles. The molecule has 4 nitrogen and oxygen atoms in total. The lowest BCUT2D eigenvalue weighted by atomic mass is 9.92. The zero-order chi connectivity index (χ0) is 12.3. The first kappa shape index (κ1) is 12.0. The summed E-state index contributed by atoms with van der Waals surface area (Å²) in [5.41, 5.74) is 0.487. The van der Waals surface area contributed by atoms with Crippen LogP contribution in [-0.2, 0) is 0 Å². The number of pyridine rings is 1. The molecule has 1 aliphatic carbocycles. The predicted octanol–water partition coefficient (Wildman–Crippen LogP) is 1.46. The zero-order valence-electron chi connectivity index (χ0n) is 10.0. The first-order valence-corrected chi connectivity index (χ1v) is 6.04. The van der Waals surface area contributed by atoms with Gasteiger partial charge in [0.2, 0.25) is 0 Å². The molecule has 17 heavy (non-hydrogen) atoms. The standard InChI is InChI=1S/C13H18N2O2/c1-15(10-5-7-11(16)8-6-10)13(17)12-4-2-3-9-14-12/h2-4,9-11,16H,5-8H2,1H3. The lowest BCUT2D eigenvalue weighted by molar-refractivity contribution is 0.0565. The number of aliphatic hydroxyl groups excluding tert-OH is 1. The highest BCUT2D eigenvalue weighted by Crippen LogP contribution is 2.23. The Bertz CT molecular complexity index is 372. The molecule has 92 valence electrons. The summed E-state index contributed by atoms with van der Waals surface area (Å²) in [5.74, 6) is -0.0352. The Kier molecular flexibility index (Phi) is 3.74. The van der Waals surface area contributed by atoms with Crippen molar-refractivity contribution in [3.8, 4) is 0 Å². The lowest BCUT2D eigenvalue weighted by Crippen LogP contribution is -2.40. The van der Waals surface area contributed by atoms with Crippen LogP contribution >= 0.6 is 0 Å². The molecule has 4 heteroatoms. The second kappa shape index (κ2) is 5.27. The monoisotopic (exact) mass is 234 g/mol. The third-order valence-corrected chi connectivity index (χ3v) is 3.42. The van der Waals surface area contributed by atoms with Crippen LogP contribution in [0.1, 0.15) is 36.2 Å². The minimum Gasteiger partial charge on any atom is -0.393 e. The molecule has 1 N–H and O–H groups in total. The van der Waals surface area contributed by atoms with Gasteiger partial charge in [-0.2, -0.15) is 0 Å². The van der Waals surface area contributed by atoms with Crippen LogP contribution in [-0.4, -0.2) is 40.1 Å². The van der Waals surface area contributed by atoms with Crippen molar-refractivity contribution in [2.45, 2.75) is 37.8 Å². The smallest absolute Gasteiger partial charge is 0.272 e. The van der Waals surface area contributed by atoms with Gasteiger partial charge < -0.3 is 10.0 Å². The molecule has 1 fully saturated rings. The number of hydrogen-bond donors (Lipinski definition) is 1. The van der Waals surface area contributed by atoms with Gasteiger partial charge >= 0.3 is 0 Å². The molecule has 1 heterocycles. The van der Waals surface area contributed by atoms with Gasteiger partial charge in [-0.3, -0.25) is 9.78 Å². The molecule has 0 radical (unpaired) electrons. The van der Waals surface area contributed by atoms with E-state index in [1.165, 1.54) is 0 Å². The molecular weight excluding hydrogens is 216 g/mol. The number of carbonyl (C=O) groups is 1. The van der Waals surface area contributed by atoms with Gasteiger partial charge in [0.25, 0.3) is 5.91 Å². The van der Waals surface area contributed by atoms with Gasteiger partial charge in [0.1, 0.15) is 5.69 Å². The van der Waals surface area contributed by atoms with E-state index in [0.717, 1.165) is 25.7 Å². The molecule has 0 bridgehead atoms. The summed E-state index contributed by atoms with van der Waals surface area (Å²) in [5, 5.41) is 9.45. The molecule has 2 rings (SSSR count). The van der Waals surface area contributed by atoms with Gasteiger partial charge in [-0.25, -0.2) is 0 Å². The third kappa shape index (κ3) is 2.82. The first-order chi connectivity index (χ1) is 8.18. The van der Waals surface area contributed by atoms with Gasteiger partial charge in [0.15, 0.2) is 0 Å². The van der Waals surface area contributed by atoms with Crippen LogP contribution in [0.4, 0.5) is 0 Å². The van der Waals surface area contributed by atoms with Crippen molar-refractivity contribution >= 4 is 5.91 Å². The Hall–Kier alpha value is -1.42. The first-order valence-electron chi connectivity index (χ1n) is 6.04. The fourth-order valence-electron chi connectivity index (χ4n) is 2.28. The van der Waals surface area contributed by atoms with E-state index in [0.29, 0.717) is 5.69 Å². The summed E-state index contributed by atoms with van der Waals surface area (Å²) >= 11 is 0. The van der Waals surface area contributed by atoms with Crippen LogP contribution in [0.2, 0.25) is 0 Å². The maximum atomic E-state index is 12.1. The molecule has 0 spiro atoms. The van der Waals surface area contributed by atoms with Crippen molar-refractivity contribution in [3.63, 3.8) is 0 Å². The Morgan fingerprint density at radius 1 is 1.35 bits per heavy atom. The highest BCUT2D eigenvalue weighted by atomic mass is 16.3. The van der Waals surface area contributed by atoms with Crippen LogP contribution in [0.5, 0.6) is 0 Å². The topological polar surface area (TPSA) is 53.4 Å². The maximum absolute atomic E-state index is 12.1. The quantitative estimate of drug-likeness (QED) is 0.842. The van der Waals surface area contributed by atoms with Gasteiger partial charge in [-0.05, 0) is 37.8 Å². The average molecular weight is 234 g/mol. The Balaban J connectivity index is 2.00. The average Bonchev–Trinajstić information content (AvgIpc) is 2.39.